The summed E-state index contributed by atoms with van der Waals surface area (Å²) < 4.78 is 18.1. The number of allylic oxidation sites excluding steroid dienone is 1. The van der Waals surface area contributed by atoms with E-state index in [1.807, 2.05) is 43.3 Å². The first-order valence-corrected chi connectivity index (χ1v) is 8.95. The Morgan fingerprint density at radius 1 is 1.37 bits per heavy atom. The van der Waals surface area contributed by atoms with Crippen molar-refractivity contribution >= 4 is 15.9 Å². The molecule has 0 fully saturated rings. The summed E-state index contributed by atoms with van der Waals surface area (Å²) in [7, 11) is 0. The van der Waals surface area contributed by atoms with Crippen molar-refractivity contribution in [3.63, 3.8) is 0 Å². The van der Waals surface area contributed by atoms with Crippen LogP contribution in [0.5, 0.6) is 11.6 Å². The number of nitrogens with two attached hydrogens (primary N) is 1. The molecule has 0 spiro atoms. The van der Waals surface area contributed by atoms with Crippen LogP contribution < -0.4 is 15.2 Å². The van der Waals surface area contributed by atoms with Crippen LogP contribution in [0.2, 0.25) is 0 Å². The highest BCUT2D eigenvalue weighted by atomic mass is 79.9. The lowest BCUT2D eigenvalue weighted by molar-refractivity contribution is 0.264. The number of nitrogens with one attached hydrogen (secondary N) is 1. The lowest BCUT2D eigenvalue weighted by Gasteiger charge is -2.21. The number of aromatic amines is 1. The summed E-state index contributed by atoms with van der Waals surface area (Å²) in [6.07, 6.45) is 0. The largest absolute Gasteiger partial charge is 0.486 e. The van der Waals surface area contributed by atoms with Crippen LogP contribution in [-0.2, 0) is 6.61 Å². The summed E-state index contributed by atoms with van der Waals surface area (Å²) in [4.78, 5) is 0. The summed E-state index contributed by atoms with van der Waals surface area (Å²) in [5.41, 5.74) is 7.73. The Bertz CT molecular complexity index is 1080. The maximum Gasteiger partial charge on any atom is 0.244 e. The van der Waals surface area contributed by atoms with E-state index >= 15 is 0 Å². The van der Waals surface area contributed by atoms with Gasteiger partial charge in [-0.3, -0.25) is 5.10 Å². The summed E-state index contributed by atoms with van der Waals surface area (Å²) in [5, 5.41) is 16.5. The SMILES string of the molecule is Cc1[nH]nc2c1[C@@H](c1ccc(COc3cccc(Br)c3)o1)C(C#N)=C(N)O2. The molecule has 3 aromatic rings. The first-order chi connectivity index (χ1) is 13.1. The Hall–Kier alpha value is -3.18. The normalized spacial score (nSPS) is 15.8. The van der Waals surface area contributed by atoms with Crippen LogP contribution in [0.25, 0.3) is 0 Å². The molecule has 0 aliphatic carbocycles. The molecule has 4 rings (SSSR count). The number of aromatic nitrogens is 2. The number of ether oxygens (including phenoxy) is 2. The molecule has 3 N–H and O–H groups in total. The highest BCUT2D eigenvalue weighted by Gasteiger charge is 2.36. The van der Waals surface area contributed by atoms with Gasteiger partial charge >= 0.3 is 0 Å². The van der Waals surface area contributed by atoms with Crippen LogP contribution in [-0.4, -0.2) is 10.2 Å². The number of H-pyrrole nitrogens is 1. The van der Waals surface area contributed by atoms with Gasteiger partial charge in [-0.2, -0.15) is 5.26 Å². The number of benzene rings is 1. The fourth-order valence-electron chi connectivity index (χ4n) is 3.02. The van der Waals surface area contributed by atoms with Gasteiger partial charge in [0, 0.05) is 10.2 Å². The molecule has 0 unspecified atom stereocenters. The van der Waals surface area contributed by atoms with E-state index in [2.05, 4.69) is 32.2 Å². The third kappa shape index (κ3) is 3.17. The summed E-state index contributed by atoms with van der Waals surface area (Å²) in [6, 6.07) is 13.3. The molecule has 7 nitrogen and oxygen atoms in total. The van der Waals surface area contributed by atoms with Crippen LogP contribution in [0.4, 0.5) is 0 Å². The van der Waals surface area contributed by atoms with Gasteiger partial charge < -0.3 is 19.6 Å². The quantitative estimate of drug-likeness (QED) is 0.654. The van der Waals surface area contributed by atoms with Gasteiger partial charge in [-0.05, 0) is 37.3 Å². The van der Waals surface area contributed by atoms with Gasteiger partial charge in [0.25, 0.3) is 0 Å². The van der Waals surface area contributed by atoms with E-state index in [4.69, 9.17) is 19.6 Å². The van der Waals surface area contributed by atoms with E-state index in [0.717, 1.165) is 21.5 Å². The topological polar surface area (TPSA) is 110 Å². The highest BCUT2D eigenvalue weighted by Crippen LogP contribution is 2.43. The van der Waals surface area contributed by atoms with Crippen LogP contribution in [0.1, 0.15) is 28.7 Å². The molecule has 0 radical (unpaired) electrons. The van der Waals surface area contributed by atoms with E-state index in [1.54, 1.807) is 0 Å². The average molecular weight is 427 g/mol. The number of nitrogens with zero attached hydrogens (tertiary/aromatic N) is 2. The van der Waals surface area contributed by atoms with Crippen LogP contribution >= 0.6 is 15.9 Å². The zero-order valence-electron chi connectivity index (χ0n) is 14.3. The second-order valence-corrected chi connectivity index (χ2v) is 6.96. The van der Waals surface area contributed by atoms with Gasteiger partial charge in [0.2, 0.25) is 11.8 Å². The predicted molar refractivity (Wildman–Crippen MR) is 99.8 cm³/mol. The van der Waals surface area contributed by atoms with Gasteiger partial charge in [0.05, 0.1) is 11.5 Å². The minimum Gasteiger partial charge on any atom is -0.486 e. The summed E-state index contributed by atoms with van der Waals surface area (Å²) in [5.74, 6) is 1.86. The Kier molecular flexibility index (Phi) is 4.38. The number of hydrogen-bond acceptors (Lipinski definition) is 6. The van der Waals surface area contributed by atoms with Crippen LogP contribution in [0, 0.1) is 18.3 Å². The summed E-state index contributed by atoms with van der Waals surface area (Å²) in [6.45, 7) is 2.12. The van der Waals surface area contributed by atoms with Gasteiger partial charge in [-0.1, -0.05) is 22.0 Å². The third-order valence-corrected chi connectivity index (χ3v) is 4.77. The number of furan rings is 1. The minimum absolute atomic E-state index is 0.0323. The minimum atomic E-state index is -0.475. The molecule has 0 bridgehead atoms. The maximum atomic E-state index is 9.56. The van der Waals surface area contributed by atoms with Crippen molar-refractivity contribution in [2.45, 2.75) is 19.4 Å². The van der Waals surface area contributed by atoms with Crippen molar-refractivity contribution in [3.8, 4) is 17.7 Å². The van der Waals surface area contributed by atoms with E-state index in [9.17, 15) is 5.26 Å². The van der Waals surface area contributed by atoms with Gasteiger partial charge in [0.15, 0.2) is 0 Å². The highest BCUT2D eigenvalue weighted by molar-refractivity contribution is 9.10. The fraction of sp³-hybridized carbons (Fsp3) is 0.158. The van der Waals surface area contributed by atoms with E-state index in [-0.39, 0.29) is 12.5 Å². The number of halogens is 1. The Morgan fingerprint density at radius 2 is 2.22 bits per heavy atom. The molecule has 136 valence electrons. The molecular weight excluding hydrogens is 412 g/mol. The van der Waals surface area contributed by atoms with E-state index in [0.29, 0.717) is 23.0 Å². The molecule has 1 atom stereocenters. The number of hydrogen-bond donors (Lipinski definition) is 2. The van der Waals surface area contributed by atoms with Gasteiger partial charge in [0.1, 0.15) is 35.5 Å². The van der Waals surface area contributed by atoms with Crippen molar-refractivity contribution < 1.29 is 13.9 Å². The second-order valence-electron chi connectivity index (χ2n) is 6.04. The molecule has 1 aromatic carbocycles. The van der Waals surface area contributed by atoms with E-state index in [1.165, 1.54) is 0 Å². The van der Waals surface area contributed by atoms with Gasteiger partial charge in [-0.25, -0.2) is 0 Å². The number of nitriles is 1. The maximum absolute atomic E-state index is 9.56. The zero-order valence-corrected chi connectivity index (χ0v) is 15.9. The number of rotatable bonds is 4. The molecule has 3 heterocycles. The van der Waals surface area contributed by atoms with Crippen molar-refractivity contribution in [2.75, 3.05) is 0 Å². The lowest BCUT2D eigenvalue weighted by Crippen LogP contribution is -2.20. The second kappa shape index (κ2) is 6.85. The molecule has 1 aliphatic heterocycles. The van der Waals surface area contributed by atoms with Crippen molar-refractivity contribution in [1.29, 1.82) is 5.26 Å². The molecule has 1 aliphatic rings. The monoisotopic (exact) mass is 426 g/mol. The zero-order chi connectivity index (χ0) is 19.0. The predicted octanol–water partition coefficient (Wildman–Crippen LogP) is 3.87. The first-order valence-electron chi connectivity index (χ1n) is 8.16. The molecular formula is C19H15BrN4O3. The lowest BCUT2D eigenvalue weighted by atomic mass is 9.88. The third-order valence-electron chi connectivity index (χ3n) is 4.27. The van der Waals surface area contributed by atoms with E-state index < -0.39 is 5.92 Å². The van der Waals surface area contributed by atoms with Crippen LogP contribution in [0.15, 0.2) is 56.7 Å². The molecule has 2 aromatic heterocycles. The van der Waals surface area contributed by atoms with Gasteiger partial charge in [-0.15, -0.1) is 5.10 Å². The Balaban J connectivity index is 1.62. The van der Waals surface area contributed by atoms with Crippen LogP contribution in [0.3, 0.4) is 0 Å². The van der Waals surface area contributed by atoms with Crippen molar-refractivity contribution in [3.05, 3.63) is 75.1 Å². The molecule has 0 amide bonds. The Morgan fingerprint density at radius 3 is 3.00 bits per heavy atom. The number of fused-ring (bicyclic) bond motifs is 1. The fourth-order valence-corrected chi connectivity index (χ4v) is 3.40. The molecule has 27 heavy (non-hydrogen) atoms. The molecule has 0 saturated heterocycles. The Labute approximate surface area is 163 Å². The first kappa shape index (κ1) is 17.2. The number of aryl methyl sites for hydroxylation is 1. The van der Waals surface area contributed by atoms with Crippen molar-refractivity contribution in [2.24, 2.45) is 5.73 Å². The molecule has 0 saturated carbocycles. The summed E-state index contributed by atoms with van der Waals surface area (Å²) >= 11 is 3.41. The standard InChI is InChI=1S/C19H15BrN4O3/c1-10-16-17(14(8-21)18(22)27-19(16)24-23-10)15-6-5-13(26-15)9-25-12-4-2-3-11(20)7-12/h2-7,17H,9,22H2,1H3,(H,23,24)/t17-/m1/s1. The van der Waals surface area contributed by atoms with Crippen molar-refractivity contribution in [1.82, 2.24) is 10.2 Å². The smallest absolute Gasteiger partial charge is 0.244 e. The average Bonchev–Trinajstić information content (AvgIpc) is 3.26. The molecule has 8 heteroatoms.